The summed E-state index contributed by atoms with van der Waals surface area (Å²) in [6.07, 6.45) is 0. The van der Waals surface area contributed by atoms with Crippen LogP contribution in [0.3, 0.4) is 0 Å². The second-order valence-electron chi connectivity index (χ2n) is 5.26. The van der Waals surface area contributed by atoms with Gasteiger partial charge in [-0.3, -0.25) is 0 Å². The van der Waals surface area contributed by atoms with Crippen molar-refractivity contribution >= 4 is 35.8 Å². The summed E-state index contributed by atoms with van der Waals surface area (Å²) in [4.78, 5) is 0. The van der Waals surface area contributed by atoms with Gasteiger partial charge in [-0.2, -0.15) is 0 Å². The van der Waals surface area contributed by atoms with Crippen LogP contribution in [0.25, 0.3) is 10.8 Å². The maximum absolute atomic E-state index is 2.51. The summed E-state index contributed by atoms with van der Waals surface area (Å²) < 4.78 is 4.68. The Labute approximate surface area is 106 Å². The van der Waals surface area contributed by atoms with Gasteiger partial charge in [-0.1, -0.05) is 0 Å². The van der Waals surface area contributed by atoms with Gasteiger partial charge in [-0.05, 0) is 0 Å². The Balaban J connectivity index is 2.47. The first kappa shape index (κ1) is 12.1. The first-order valence-corrected chi connectivity index (χ1v) is 12.7. The normalized spacial score (nSPS) is 12.3. The first-order valence-electron chi connectivity index (χ1n) is 5.71. The average Bonchev–Trinajstić information content (AvgIpc) is 2.26. The van der Waals surface area contributed by atoms with Crippen molar-refractivity contribution in [1.82, 2.24) is 0 Å². The zero-order valence-corrected chi connectivity index (χ0v) is 14.0. The molecule has 16 heavy (non-hydrogen) atoms. The number of rotatable bonds is 1. The molecule has 0 nitrogen and oxygen atoms in total. The summed E-state index contributed by atoms with van der Waals surface area (Å²) in [5, 5.41) is 2.75. The van der Waals surface area contributed by atoms with Crippen LogP contribution in [0.4, 0.5) is 0 Å². The van der Waals surface area contributed by atoms with Crippen LogP contribution in [0.2, 0.25) is 7.75 Å². The van der Waals surface area contributed by atoms with E-state index in [9.17, 15) is 0 Å². The molecular formula is C15H19Bi. The molecule has 0 bridgehead atoms. The molecule has 0 amide bonds. The van der Waals surface area contributed by atoms with E-state index in [1.165, 1.54) is 10.8 Å². The summed E-state index contributed by atoms with van der Waals surface area (Å²) in [5.74, 6) is 0. The summed E-state index contributed by atoms with van der Waals surface area (Å²) in [6.45, 7) is 7.17. The van der Waals surface area contributed by atoms with Crippen LogP contribution in [0.5, 0.6) is 0 Å². The number of benzene rings is 2. The van der Waals surface area contributed by atoms with Crippen molar-refractivity contribution in [3.05, 3.63) is 42.5 Å². The van der Waals surface area contributed by atoms with Gasteiger partial charge in [0.1, 0.15) is 0 Å². The molecule has 0 atom stereocenters. The molecule has 0 heterocycles. The van der Waals surface area contributed by atoms with Crippen LogP contribution in [0, 0.1) is 0 Å². The molecule has 2 rings (SSSR count). The molecule has 2 aromatic carbocycles. The van der Waals surface area contributed by atoms with Crippen LogP contribution in [-0.4, -0.2) is 21.8 Å². The zero-order valence-electron chi connectivity index (χ0n) is 10.5. The number of hydrogen-bond donors (Lipinski definition) is 0. The number of hydrogen-bond acceptors (Lipinski definition) is 0. The van der Waals surface area contributed by atoms with Gasteiger partial charge in [0.2, 0.25) is 0 Å². The van der Waals surface area contributed by atoms with Crippen LogP contribution in [0.1, 0.15) is 20.8 Å². The third-order valence-electron chi connectivity index (χ3n) is 3.13. The molecule has 0 radical (unpaired) electrons. The van der Waals surface area contributed by atoms with Gasteiger partial charge < -0.3 is 0 Å². The van der Waals surface area contributed by atoms with E-state index in [4.69, 9.17) is 0 Å². The van der Waals surface area contributed by atoms with E-state index in [2.05, 4.69) is 67.9 Å². The second-order valence-corrected chi connectivity index (χ2v) is 16.8. The summed E-state index contributed by atoms with van der Waals surface area (Å²) in [6, 6.07) is 15.7. The third kappa shape index (κ3) is 2.46. The van der Waals surface area contributed by atoms with Gasteiger partial charge in [0.25, 0.3) is 0 Å². The van der Waals surface area contributed by atoms with Crippen molar-refractivity contribution in [1.29, 1.82) is 0 Å². The van der Waals surface area contributed by atoms with E-state index in [0.717, 1.165) is 0 Å². The van der Waals surface area contributed by atoms with Gasteiger partial charge in [0, 0.05) is 0 Å². The molecule has 0 aliphatic carbocycles. The second kappa shape index (κ2) is 4.45. The number of fused-ring (bicyclic) bond motifs is 1. The van der Waals surface area contributed by atoms with Crippen LogP contribution < -0.4 is 3.27 Å². The fourth-order valence-electron chi connectivity index (χ4n) is 1.77. The minimum absolute atomic E-state index is 0.526. The standard InChI is InChI=1S/C10H7.C4H9.CH3.Bi/c1-2-6-10-8-4-3-7-9(10)5-1;1-4(2)3;;/h1-3,5-8H;1-3H3;1H3;. The van der Waals surface area contributed by atoms with Gasteiger partial charge in [-0.15, -0.1) is 0 Å². The maximum atomic E-state index is 2.51. The molecule has 0 aliphatic heterocycles. The minimum atomic E-state index is -1.53. The molecule has 0 saturated heterocycles. The topological polar surface area (TPSA) is 0 Å². The Morgan fingerprint density at radius 1 is 0.875 bits per heavy atom. The molecule has 0 aliphatic rings. The fourth-order valence-corrected chi connectivity index (χ4v) is 7.24. The molecule has 0 saturated carbocycles. The first-order chi connectivity index (χ1) is 7.48. The molecule has 84 valence electrons. The van der Waals surface area contributed by atoms with E-state index in [1.54, 1.807) is 3.27 Å². The molecule has 0 fully saturated rings. The molecule has 1 heteroatoms. The van der Waals surface area contributed by atoms with E-state index in [0.29, 0.717) is 3.12 Å². The van der Waals surface area contributed by atoms with Crippen molar-refractivity contribution in [3.63, 3.8) is 0 Å². The predicted octanol–water partition coefficient (Wildman–Crippen LogP) is 3.97. The molecule has 0 spiro atoms. The predicted molar refractivity (Wildman–Crippen MR) is 74.9 cm³/mol. The average molecular weight is 408 g/mol. The van der Waals surface area contributed by atoms with Gasteiger partial charge in [0.05, 0.1) is 0 Å². The summed E-state index contributed by atoms with van der Waals surface area (Å²) in [7, 11) is 0. The summed E-state index contributed by atoms with van der Waals surface area (Å²) >= 11 is -1.53. The van der Waals surface area contributed by atoms with Crippen molar-refractivity contribution in [2.45, 2.75) is 28.5 Å². The van der Waals surface area contributed by atoms with E-state index >= 15 is 0 Å². The molecule has 0 unspecified atom stereocenters. The van der Waals surface area contributed by atoms with Crippen molar-refractivity contribution in [2.75, 3.05) is 0 Å². The Kier molecular flexibility index (Phi) is 3.35. The van der Waals surface area contributed by atoms with E-state index in [-0.39, 0.29) is 0 Å². The van der Waals surface area contributed by atoms with Crippen LogP contribution >= 0.6 is 0 Å². The molecule has 2 aromatic rings. The van der Waals surface area contributed by atoms with E-state index < -0.39 is 21.8 Å². The Bertz CT molecular complexity index is 494. The van der Waals surface area contributed by atoms with E-state index in [1.807, 2.05) is 0 Å². The SMILES string of the molecule is [CH3][Bi]([c]1ccc2ccccc2c1)[C](C)(C)C. The van der Waals surface area contributed by atoms with Crippen molar-refractivity contribution < 1.29 is 0 Å². The quantitative estimate of drug-likeness (QED) is 0.627. The van der Waals surface area contributed by atoms with Crippen LogP contribution in [0.15, 0.2) is 42.5 Å². The fraction of sp³-hybridized carbons (Fsp3) is 0.333. The molecule has 0 N–H and O–H groups in total. The van der Waals surface area contributed by atoms with Gasteiger partial charge in [0.15, 0.2) is 0 Å². The monoisotopic (exact) mass is 408 g/mol. The van der Waals surface area contributed by atoms with Gasteiger partial charge >= 0.3 is 107 Å². The van der Waals surface area contributed by atoms with Crippen LogP contribution in [-0.2, 0) is 0 Å². The molecular weight excluding hydrogens is 389 g/mol. The van der Waals surface area contributed by atoms with Gasteiger partial charge in [-0.25, -0.2) is 0 Å². The third-order valence-corrected chi connectivity index (χ3v) is 15.0. The summed E-state index contributed by atoms with van der Waals surface area (Å²) in [5.41, 5.74) is 0. The van der Waals surface area contributed by atoms with Crippen molar-refractivity contribution in [2.24, 2.45) is 0 Å². The Hall–Kier alpha value is -0.417. The van der Waals surface area contributed by atoms with Crippen molar-refractivity contribution in [3.8, 4) is 0 Å². The zero-order chi connectivity index (χ0) is 11.8. The Morgan fingerprint density at radius 2 is 1.50 bits per heavy atom. The Morgan fingerprint density at radius 3 is 2.12 bits per heavy atom. The molecule has 0 aromatic heterocycles.